The van der Waals surface area contributed by atoms with Crippen molar-refractivity contribution in [3.8, 4) is 11.1 Å². The Bertz CT molecular complexity index is 1370. The number of alkyl halides is 5. The first-order valence-corrected chi connectivity index (χ1v) is 14.0. The van der Waals surface area contributed by atoms with Gasteiger partial charge >= 0.3 is 12.1 Å². The van der Waals surface area contributed by atoms with E-state index in [4.69, 9.17) is 0 Å². The third-order valence-corrected chi connectivity index (χ3v) is 9.26. The van der Waals surface area contributed by atoms with E-state index in [9.17, 15) is 35.5 Å². The first-order chi connectivity index (χ1) is 18.3. The Morgan fingerprint density at radius 2 is 1.62 bits per heavy atom. The smallest absolute Gasteiger partial charge is 0.386 e. The van der Waals surface area contributed by atoms with Crippen LogP contribution < -0.4 is 5.32 Å². The van der Waals surface area contributed by atoms with Gasteiger partial charge in [-0.15, -0.1) is 0 Å². The van der Waals surface area contributed by atoms with Crippen LogP contribution in [0.3, 0.4) is 0 Å². The number of nitrogens with one attached hydrogen (secondary N) is 1. The standard InChI is InChI=1S/C27H28F5N3O3S/c1-2-24(36)26(28,29)23-15-18(13-14-33-23)17-3-8-21(9-4-17)39(37,38)22-10-6-20(7-11-22)35-25-12-5-19(16-34-25)27(30,31)32/h3-5,8-9,12-16,20,22,24,36H,2,6-7,10-11H2,1H3,(H,34,35)/t20-,22-,24?. The number of hydrogen-bond donors (Lipinski definition) is 2. The van der Waals surface area contributed by atoms with Gasteiger partial charge in [0.1, 0.15) is 17.6 Å². The molecule has 12 heteroatoms. The molecular weight excluding hydrogens is 541 g/mol. The molecule has 1 aromatic carbocycles. The Morgan fingerprint density at radius 3 is 2.18 bits per heavy atom. The monoisotopic (exact) mass is 569 g/mol. The summed E-state index contributed by atoms with van der Waals surface area (Å²) in [6.45, 7) is 1.45. The zero-order valence-corrected chi connectivity index (χ0v) is 21.8. The maximum atomic E-state index is 14.4. The fraction of sp³-hybridized carbons (Fsp3) is 0.407. The van der Waals surface area contributed by atoms with Gasteiger partial charge in [-0.1, -0.05) is 19.1 Å². The predicted molar refractivity (Wildman–Crippen MR) is 136 cm³/mol. The van der Waals surface area contributed by atoms with Gasteiger partial charge in [-0.25, -0.2) is 13.4 Å². The highest BCUT2D eigenvalue weighted by Gasteiger charge is 2.41. The molecule has 1 unspecified atom stereocenters. The van der Waals surface area contributed by atoms with E-state index >= 15 is 0 Å². The summed E-state index contributed by atoms with van der Waals surface area (Å²) in [5.74, 6) is -3.23. The summed E-state index contributed by atoms with van der Waals surface area (Å²) in [7, 11) is -3.66. The van der Waals surface area contributed by atoms with Gasteiger partial charge in [0.2, 0.25) is 0 Å². The van der Waals surface area contributed by atoms with Crippen LogP contribution in [-0.4, -0.2) is 40.9 Å². The van der Waals surface area contributed by atoms with Gasteiger partial charge < -0.3 is 10.4 Å². The van der Waals surface area contributed by atoms with Crippen molar-refractivity contribution in [2.45, 2.75) is 73.4 Å². The Hall–Kier alpha value is -3.12. The average Bonchev–Trinajstić information content (AvgIpc) is 2.93. The molecule has 4 rings (SSSR count). The molecule has 1 fully saturated rings. The summed E-state index contributed by atoms with van der Waals surface area (Å²) in [5.41, 5.74) is -0.471. The van der Waals surface area contributed by atoms with Gasteiger partial charge in [0.15, 0.2) is 9.84 Å². The zero-order valence-electron chi connectivity index (χ0n) is 21.0. The van der Waals surface area contributed by atoms with Gasteiger partial charge in [0.25, 0.3) is 0 Å². The van der Waals surface area contributed by atoms with Crippen molar-refractivity contribution in [1.29, 1.82) is 0 Å². The van der Waals surface area contributed by atoms with E-state index in [1.54, 1.807) is 12.1 Å². The number of benzene rings is 1. The summed E-state index contributed by atoms with van der Waals surface area (Å²) < 4.78 is 93.5. The SMILES string of the molecule is CCC(O)C(F)(F)c1cc(-c2ccc(S(=O)(=O)[C@H]3CC[C@H](Nc4ccc(C(F)(F)F)cn4)CC3)cc2)ccn1. The number of hydrogen-bond acceptors (Lipinski definition) is 6. The van der Waals surface area contributed by atoms with E-state index < -0.39 is 44.5 Å². The van der Waals surface area contributed by atoms with Crippen molar-refractivity contribution in [2.75, 3.05) is 5.32 Å². The molecule has 2 N–H and O–H groups in total. The molecule has 1 atom stereocenters. The van der Waals surface area contributed by atoms with Gasteiger partial charge in [0, 0.05) is 18.4 Å². The van der Waals surface area contributed by atoms with E-state index in [0.29, 0.717) is 42.6 Å². The Labute approximate surface area is 223 Å². The second kappa shape index (κ2) is 11.2. The molecule has 1 saturated carbocycles. The number of nitrogens with zero attached hydrogens (tertiary/aromatic N) is 2. The summed E-state index contributed by atoms with van der Waals surface area (Å²) in [5, 5.41) is 12.1. The molecule has 0 saturated heterocycles. The predicted octanol–water partition coefficient (Wildman–Crippen LogP) is 6.22. The van der Waals surface area contributed by atoms with Crippen molar-refractivity contribution in [3.63, 3.8) is 0 Å². The van der Waals surface area contributed by atoms with Crippen LogP contribution >= 0.6 is 0 Å². The first kappa shape index (κ1) is 28.9. The molecule has 0 aliphatic heterocycles. The topological polar surface area (TPSA) is 92.2 Å². The van der Waals surface area contributed by atoms with Crippen molar-refractivity contribution >= 4 is 15.7 Å². The maximum Gasteiger partial charge on any atom is 0.417 e. The fourth-order valence-corrected chi connectivity index (χ4v) is 6.42. The number of anilines is 1. The van der Waals surface area contributed by atoms with Crippen molar-refractivity contribution in [3.05, 3.63) is 72.2 Å². The molecular formula is C27H28F5N3O3S. The Morgan fingerprint density at radius 1 is 0.949 bits per heavy atom. The average molecular weight is 570 g/mol. The van der Waals surface area contributed by atoms with Crippen LogP contribution in [0.4, 0.5) is 27.8 Å². The fourth-order valence-electron chi connectivity index (χ4n) is 4.62. The van der Waals surface area contributed by atoms with Crippen LogP contribution in [0.15, 0.2) is 65.8 Å². The summed E-state index contributed by atoms with van der Waals surface area (Å²) in [6.07, 6.45) is -2.77. The van der Waals surface area contributed by atoms with Gasteiger partial charge in [-0.05, 0) is 79.6 Å². The third-order valence-electron chi connectivity index (χ3n) is 6.98. The summed E-state index contributed by atoms with van der Waals surface area (Å²) in [4.78, 5) is 7.64. The van der Waals surface area contributed by atoms with Crippen molar-refractivity contribution < 1.29 is 35.5 Å². The number of pyridine rings is 2. The lowest BCUT2D eigenvalue weighted by Gasteiger charge is -2.29. The van der Waals surface area contributed by atoms with E-state index in [2.05, 4.69) is 15.3 Å². The molecule has 1 aliphatic carbocycles. The molecule has 39 heavy (non-hydrogen) atoms. The Balaban J connectivity index is 1.40. The Kier molecular flexibility index (Phi) is 8.27. The summed E-state index contributed by atoms with van der Waals surface area (Å²) >= 11 is 0. The van der Waals surface area contributed by atoms with Crippen LogP contribution in [0.2, 0.25) is 0 Å². The number of aromatic nitrogens is 2. The lowest BCUT2D eigenvalue weighted by atomic mass is 9.95. The molecule has 2 heterocycles. The minimum atomic E-state index is -4.47. The van der Waals surface area contributed by atoms with E-state index in [-0.39, 0.29) is 17.4 Å². The van der Waals surface area contributed by atoms with Crippen LogP contribution in [0.5, 0.6) is 0 Å². The van der Waals surface area contributed by atoms with Crippen LogP contribution in [-0.2, 0) is 21.9 Å². The molecule has 0 bridgehead atoms. The van der Waals surface area contributed by atoms with Crippen LogP contribution in [0, 0.1) is 0 Å². The minimum absolute atomic E-state index is 0.117. The van der Waals surface area contributed by atoms with Gasteiger partial charge in [-0.3, -0.25) is 4.98 Å². The van der Waals surface area contributed by atoms with E-state index in [1.807, 2.05) is 0 Å². The quantitative estimate of drug-likeness (QED) is 0.313. The maximum absolute atomic E-state index is 14.4. The number of halogens is 5. The molecule has 1 aliphatic rings. The number of aliphatic hydroxyl groups is 1. The summed E-state index contributed by atoms with van der Waals surface area (Å²) in [6, 6.07) is 10.8. The van der Waals surface area contributed by atoms with E-state index in [1.165, 1.54) is 43.5 Å². The molecule has 3 aromatic rings. The lowest BCUT2D eigenvalue weighted by Crippen LogP contribution is -2.33. The molecule has 210 valence electrons. The van der Waals surface area contributed by atoms with Crippen molar-refractivity contribution in [2.24, 2.45) is 0 Å². The first-order valence-electron chi connectivity index (χ1n) is 12.5. The molecule has 0 spiro atoms. The minimum Gasteiger partial charge on any atom is -0.386 e. The van der Waals surface area contributed by atoms with E-state index in [0.717, 1.165) is 12.3 Å². The normalized spacial score (nSPS) is 19.5. The van der Waals surface area contributed by atoms with Gasteiger partial charge in [-0.2, -0.15) is 22.0 Å². The zero-order chi connectivity index (χ0) is 28.4. The second-order valence-corrected chi connectivity index (χ2v) is 11.8. The highest BCUT2D eigenvalue weighted by Crippen LogP contribution is 2.35. The largest absolute Gasteiger partial charge is 0.417 e. The lowest BCUT2D eigenvalue weighted by molar-refractivity contribution is -0.137. The van der Waals surface area contributed by atoms with Crippen LogP contribution in [0.25, 0.3) is 11.1 Å². The number of sulfone groups is 1. The third kappa shape index (κ3) is 6.38. The number of rotatable bonds is 8. The highest BCUT2D eigenvalue weighted by atomic mass is 32.2. The second-order valence-electron chi connectivity index (χ2n) is 9.59. The molecule has 0 radical (unpaired) electrons. The molecule has 2 aromatic heterocycles. The van der Waals surface area contributed by atoms with Gasteiger partial charge in [0.05, 0.1) is 15.7 Å². The molecule has 6 nitrogen and oxygen atoms in total. The highest BCUT2D eigenvalue weighted by molar-refractivity contribution is 7.92. The van der Waals surface area contributed by atoms with Crippen LogP contribution in [0.1, 0.15) is 50.3 Å². The van der Waals surface area contributed by atoms with Crippen molar-refractivity contribution in [1.82, 2.24) is 9.97 Å². The number of aliphatic hydroxyl groups excluding tert-OH is 1. The molecule has 0 amide bonds.